The normalized spacial score (nSPS) is 11.2. The Kier molecular flexibility index (Phi) is 4.69. The van der Waals surface area contributed by atoms with Gasteiger partial charge in [0, 0.05) is 17.6 Å². The molecule has 2 heterocycles. The van der Waals surface area contributed by atoms with Crippen molar-refractivity contribution in [2.75, 3.05) is 0 Å². The van der Waals surface area contributed by atoms with Gasteiger partial charge in [-0.1, -0.05) is 43.1 Å². The number of halogens is 2. The number of nitrogens with zero attached hydrogens (tertiary/aromatic N) is 2. The second-order valence-electron chi connectivity index (χ2n) is 5.61. The Hall–Kier alpha value is -1.84. The average Bonchev–Trinajstić information content (AvgIpc) is 2.53. The van der Waals surface area contributed by atoms with Crippen molar-refractivity contribution in [2.24, 2.45) is 0 Å². The molecule has 0 N–H and O–H groups in total. The first kappa shape index (κ1) is 16.0. The van der Waals surface area contributed by atoms with Gasteiger partial charge in [-0.25, -0.2) is 4.98 Å². The summed E-state index contributed by atoms with van der Waals surface area (Å²) in [4.78, 5) is 8.69. The molecule has 0 aliphatic rings. The van der Waals surface area contributed by atoms with Gasteiger partial charge in [-0.2, -0.15) is 0 Å². The molecule has 3 nitrogen and oxygen atoms in total. The summed E-state index contributed by atoms with van der Waals surface area (Å²) in [6.07, 6.45) is 1.73. The van der Waals surface area contributed by atoms with E-state index in [-0.39, 0.29) is 0 Å². The third kappa shape index (κ3) is 3.57. The minimum absolute atomic E-state index is 0.304. The third-order valence-electron chi connectivity index (χ3n) is 3.57. The number of rotatable bonds is 4. The summed E-state index contributed by atoms with van der Waals surface area (Å²) in [6, 6.07) is 11.4. The quantitative estimate of drug-likeness (QED) is 0.573. The van der Waals surface area contributed by atoms with Crippen LogP contribution in [0.2, 0.25) is 10.2 Å². The maximum absolute atomic E-state index is 6.33. The second kappa shape index (κ2) is 6.73. The van der Waals surface area contributed by atoms with Crippen LogP contribution in [0, 0.1) is 0 Å². The fraction of sp³-hybridized carbons (Fsp3) is 0.222. The Morgan fingerprint density at radius 3 is 2.65 bits per heavy atom. The largest absolute Gasteiger partial charge is 0.486 e. The molecule has 0 aliphatic carbocycles. The zero-order chi connectivity index (χ0) is 16.4. The highest BCUT2D eigenvalue weighted by atomic mass is 35.5. The monoisotopic (exact) mass is 346 g/mol. The van der Waals surface area contributed by atoms with Gasteiger partial charge in [-0.05, 0) is 35.7 Å². The topological polar surface area (TPSA) is 35.0 Å². The first-order chi connectivity index (χ1) is 11.0. The molecule has 5 heteroatoms. The second-order valence-corrected chi connectivity index (χ2v) is 6.37. The predicted molar refractivity (Wildman–Crippen MR) is 94.4 cm³/mol. The summed E-state index contributed by atoms with van der Waals surface area (Å²) < 4.78 is 5.77. The number of benzene rings is 1. The maximum Gasteiger partial charge on any atom is 0.140 e. The van der Waals surface area contributed by atoms with Gasteiger partial charge >= 0.3 is 0 Å². The van der Waals surface area contributed by atoms with Crippen molar-refractivity contribution in [2.45, 2.75) is 26.4 Å². The molecule has 3 aromatic rings. The van der Waals surface area contributed by atoms with E-state index in [2.05, 4.69) is 23.8 Å². The van der Waals surface area contributed by atoms with E-state index in [4.69, 9.17) is 27.9 Å². The molecule has 0 amide bonds. The number of pyridine rings is 2. The standard InChI is InChI=1S/C18H16Cl2N2O/c1-11(2)14-7-12-8-15(19)17(9-16(12)22-18(14)20)23-10-13-5-3-4-6-21-13/h3-9,11H,10H2,1-2H3. The van der Waals surface area contributed by atoms with Crippen LogP contribution >= 0.6 is 23.2 Å². The van der Waals surface area contributed by atoms with Crippen LogP contribution in [0.4, 0.5) is 0 Å². The Morgan fingerprint density at radius 2 is 1.96 bits per heavy atom. The molecular formula is C18H16Cl2N2O. The summed E-state index contributed by atoms with van der Waals surface area (Å²) in [5.41, 5.74) is 2.61. The maximum atomic E-state index is 6.33. The first-order valence-corrected chi connectivity index (χ1v) is 8.12. The molecule has 0 spiro atoms. The lowest BCUT2D eigenvalue weighted by Crippen LogP contribution is -1.99. The highest BCUT2D eigenvalue weighted by Crippen LogP contribution is 2.33. The molecule has 23 heavy (non-hydrogen) atoms. The van der Waals surface area contributed by atoms with E-state index < -0.39 is 0 Å². The molecule has 0 bridgehead atoms. The zero-order valence-corrected chi connectivity index (χ0v) is 14.4. The summed E-state index contributed by atoms with van der Waals surface area (Å²) in [5, 5.41) is 2.02. The minimum atomic E-state index is 0.304. The van der Waals surface area contributed by atoms with Crippen molar-refractivity contribution in [1.82, 2.24) is 9.97 Å². The Balaban J connectivity index is 1.93. The molecular weight excluding hydrogens is 331 g/mol. The van der Waals surface area contributed by atoms with Crippen molar-refractivity contribution < 1.29 is 4.74 Å². The lowest BCUT2D eigenvalue weighted by atomic mass is 10.0. The van der Waals surface area contributed by atoms with Gasteiger partial charge in [-0.3, -0.25) is 4.98 Å². The molecule has 0 radical (unpaired) electrons. The first-order valence-electron chi connectivity index (χ1n) is 7.37. The third-order valence-corrected chi connectivity index (χ3v) is 4.17. The molecule has 0 aliphatic heterocycles. The van der Waals surface area contributed by atoms with Crippen molar-refractivity contribution >= 4 is 34.1 Å². The molecule has 2 aromatic heterocycles. The van der Waals surface area contributed by atoms with E-state index >= 15 is 0 Å². The highest BCUT2D eigenvalue weighted by Gasteiger charge is 2.12. The van der Waals surface area contributed by atoms with E-state index in [1.54, 1.807) is 6.20 Å². The van der Waals surface area contributed by atoms with Crippen molar-refractivity contribution in [3.05, 3.63) is 64.0 Å². The molecule has 0 saturated heterocycles. The molecule has 0 fully saturated rings. The van der Waals surface area contributed by atoms with Crippen LogP contribution in [0.5, 0.6) is 5.75 Å². The van der Waals surface area contributed by atoms with Crippen LogP contribution in [0.25, 0.3) is 10.9 Å². The van der Waals surface area contributed by atoms with E-state index in [0.717, 1.165) is 22.2 Å². The van der Waals surface area contributed by atoms with Gasteiger partial charge in [-0.15, -0.1) is 0 Å². The van der Waals surface area contributed by atoms with E-state index in [1.165, 1.54) is 0 Å². The van der Waals surface area contributed by atoms with Gasteiger partial charge < -0.3 is 4.74 Å². The van der Waals surface area contributed by atoms with Gasteiger partial charge in [0.25, 0.3) is 0 Å². The summed E-state index contributed by atoms with van der Waals surface area (Å²) in [5.74, 6) is 0.879. The smallest absolute Gasteiger partial charge is 0.140 e. The minimum Gasteiger partial charge on any atom is -0.486 e. The predicted octanol–water partition coefficient (Wildman–Crippen LogP) is 5.64. The SMILES string of the molecule is CC(C)c1cc2cc(Cl)c(OCc3ccccn3)cc2nc1Cl. The van der Waals surface area contributed by atoms with Gasteiger partial charge in [0.2, 0.25) is 0 Å². The number of hydrogen-bond donors (Lipinski definition) is 0. The Morgan fingerprint density at radius 1 is 1.13 bits per heavy atom. The summed E-state index contributed by atoms with van der Waals surface area (Å²) in [6.45, 7) is 4.52. The molecule has 0 atom stereocenters. The molecule has 0 unspecified atom stereocenters. The van der Waals surface area contributed by atoms with E-state index in [9.17, 15) is 0 Å². The summed E-state index contributed by atoms with van der Waals surface area (Å²) in [7, 11) is 0. The van der Waals surface area contributed by atoms with Gasteiger partial charge in [0.1, 0.15) is 17.5 Å². The highest BCUT2D eigenvalue weighted by molar-refractivity contribution is 6.33. The number of hydrogen-bond acceptors (Lipinski definition) is 3. The number of aromatic nitrogens is 2. The summed E-state index contributed by atoms with van der Waals surface area (Å²) >= 11 is 12.6. The average molecular weight is 347 g/mol. The van der Waals surface area contributed by atoms with Crippen molar-refractivity contribution in [3.8, 4) is 5.75 Å². The van der Waals surface area contributed by atoms with Crippen molar-refractivity contribution in [1.29, 1.82) is 0 Å². The van der Waals surface area contributed by atoms with E-state index in [0.29, 0.717) is 28.5 Å². The fourth-order valence-corrected chi connectivity index (χ4v) is 2.91. The van der Waals surface area contributed by atoms with Gasteiger partial charge in [0.15, 0.2) is 0 Å². The zero-order valence-electron chi connectivity index (χ0n) is 12.9. The van der Waals surface area contributed by atoms with Crippen LogP contribution in [0.15, 0.2) is 42.6 Å². The van der Waals surface area contributed by atoms with Crippen LogP contribution < -0.4 is 4.74 Å². The van der Waals surface area contributed by atoms with Crippen LogP contribution in [-0.4, -0.2) is 9.97 Å². The molecule has 3 rings (SSSR count). The Bertz CT molecular complexity index is 835. The van der Waals surface area contributed by atoms with E-state index in [1.807, 2.05) is 36.4 Å². The Labute approximate surface area is 145 Å². The van der Waals surface area contributed by atoms with Crippen molar-refractivity contribution in [3.63, 3.8) is 0 Å². The van der Waals surface area contributed by atoms with Crippen LogP contribution in [0.3, 0.4) is 0 Å². The van der Waals surface area contributed by atoms with Crippen LogP contribution in [-0.2, 0) is 6.61 Å². The van der Waals surface area contributed by atoms with Gasteiger partial charge in [0.05, 0.1) is 16.2 Å². The van der Waals surface area contributed by atoms with Crippen LogP contribution in [0.1, 0.15) is 31.0 Å². The molecule has 1 aromatic carbocycles. The number of ether oxygens (including phenoxy) is 1. The molecule has 118 valence electrons. The lowest BCUT2D eigenvalue weighted by Gasteiger charge is -2.12. The lowest BCUT2D eigenvalue weighted by molar-refractivity contribution is 0.302. The molecule has 0 saturated carbocycles. The fourth-order valence-electron chi connectivity index (χ4n) is 2.32. The number of fused-ring (bicyclic) bond motifs is 1.